The fourth-order valence-corrected chi connectivity index (χ4v) is 3.11. The van der Waals surface area contributed by atoms with E-state index in [0.717, 1.165) is 0 Å². The monoisotopic (exact) mass is 306 g/mol. The van der Waals surface area contributed by atoms with Crippen molar-refractivity contribution in [3.63, 3.8) is 0 Å². The summed E-state index contributed by atoms with van der Waals surface area (Å²) in [6.45, 7) is 1.71. The maximum atomic E-state index is 11.9. The number of hydrogen-bond acceptors (Lipinski definition) is 5. The second kappa shape index (κ2) is 6.36. The molecule has 0 saturated carbocycles. The number of sulfone groups is 1. The molecule has 0 heterocycles. The van der Waals surface area contributed by atoms with Crippen molar-refractivity contribution in [1.82, 2.24) is 4.72 Å². The standard InChI is InChI=1S/C11H18N2O4S2/c1-3-18(14,15)11-7-5-4-6-10(11)13-8-9-19(16,17)12-2/h4-7,12-13H,3,8-9H2,1-2H3. The molecule has 19 heavy (non-hydrogen) atoms. The second-order valence-corrected chi connectivity index (χ2v) is 8.14. The minimum atomic E-state index is -3.33. The summed E-state index contributed by atoms with van der Waals surface area (Å²) in [6.07, 6.45) is 0. The van der Waals surface area contributed by atoms with Crippen LogP contribution in [0.25, 0.3) is 0 Å². The molecule has 0 amide bonds. The molecule has 0 aliphatic carbocycles. The quantitative estimate of drug-likeness (QED) is 0.762. The Morgan fingerprint density at radius 1 is 1.11 bits per heavy atom. The van der Waals surface area contributed by atoms with Crippen molar-refractivity contribution in [1.29, 1.82) is 0 Å². The minimum absolute atomic E-state index is 0.000503. The van der Waals surface area contributed by atoms with E-state index in [1.54, 1.807) is 25.1 Å². The first kappa shape index (κ1) is 15.9. The molecule has 2 N–H and O–H groups in total. The summed E-state index contributed by atoms with van der Waals surface area (Å²) in [6, 6.07) is 6.46. The molecule has 0 spiro atoms. The van der Waals surface area contributed by atoms with Crippen LogP contribution < -0.4 is 10.0 Å². The van der Waals surface area contributed by atoms with Crippen molar-refractivity contribution in [3.8, 4) is 0 Å². The van der Waals surface area contributed by atoms with E-state index in [2.05, 4.69) is 10.0 Å². The van der Waals surface area contributed by atoms with E-state index in [1.807, 2.05) is 0 Å². The van der Waals surface area contributed by atoms with Crippen LogP contribution in [-0.2, 0) is 19.9 Å². The Hall–Kier alpha value is -1.12. The molecule has 0 aromatic heterocycles. The van der Waals surface area contributed by atoms with Gasteiger partial charge in [0.2, 0.25) is 10.0 Å². The van der Waals surface area contributed by atoms with Crippen LogP contribution in [0.5, 0.6) is 0 Å². The van der Waals surface area contributed by atoms with Crippen molar-refractivity contribution in [2.24, 2.45) is 0 Å². The molecule has 8 heteroatoms. The lowest BCUT2D eigenvalue weighted by molar-refractivity contribution is 0.588. The van der Waals surface area contributed by atoms with Gasteiger partial charge in [-0.05, 0) is 19.2 Å². The SMILES string of the molecule is CCS(=O)(=O)c1ccccc1NCCS(=O)(=O)NC. The van der Waals surface area contributed by atoms with Gasteiger partial charge < -0.3 is 5.32 Å². The Kier molecular flexibility index (Phi) is 5.33. The molecule has 1 rings (SSSR count). The van der Waals surface area contributed by atoms with Crippen LogP contribution in [0.3, 0.4) is 0 Å². The van der Waals surface area contributed by atoms with Gasteiger partial charge in [0.15, 0.2) is 9.84 Å². The number of hydrogen-bond donors (Lipinski definition) is 2. The summed E-state index contributed by atoms with van der Waals surface area (Å²) in [7, 11) is -5.30. The van der Waals surface area contributed by atoms with E-state index in [-0.39, 0.29) is 22.9 Å². The number of benzene rings is 1. The maximum Gasteiger partial charge on any atom is 0.213 e. The van der Waals surface area contributed by atoms with Crippen LogP contribution in [0.1, 0.15) is 6.92 Å². The predicted octanol–water partition coefficient (Wildman–Crippen LogP) is 0.441. The zero-order valence-electron chi connectivity index (χ0n) is 10.9. The third-order valence-electron chi connectivity index (χ3n) is 2.60. The first-order valence-electron chi connectivity index (χ1n) is 5.79. The van der Waals surface area contributed by atoms with Gasteiger partial charge in [-0.15, -0.1) is 0 Å². The highest BCUT2D eigenvalue weighted by Gasteiger charge is 2.16. The van der Waals surface area contributed by atoms with E-state index in [9.17, 15) is 16.8 Å². The van der Waals surface area contributed by atoms with E-state index in [4.69, 9.17) is 0 Å². The van der Waals surface area contributed by atoms with E-state index >= 15 is 0 Å². The van der Waals surface area contributed by atoms with Gasteiger partial charge in [0.25, 0.3) is 0 Å². The first-order chi connectivity index (χ1) is 8.82. The largest absolute Gasteiger partial charge is 0.383 e. The van der Waals surface area contributed by atoms with Crippen LogP contribution in [0.15, 0.2) is 29.2 Å². The molecule has 0 unspecified atom stereocenters. The topological polar surface area (TPSA) is 92.3 Å². The van der Waals surface area contributed by atoms with E-state index < -0.39 is 19.9 Å². The fourth-order valence-electron chi connectivity index (χ4n) is 1.46. The summed E-state index contributed by atoms with van der Waals surface area (Å²) in [5.74, 6) is -0.121. The zero-order chi connectivity index (χ0) is 14.5. The molecular weight excluding hydrogens is 288 g/mol. The number of para-hydroxylation sites is 1. The van der Waals surface area contributed by atoms with Crippen molar-refractivity contribution < 1.29 is 16.8 Å². The molecule has 0 saturated heterocycles. The highest BCUT2D eigenvalue weighted by atomic mass is 32.2. The summed E-state index contributed by atoms with van der Waals surface area (Å²) < 4.78 is 48.4. The molecule has 0 atom stereocenters. The van der Waals surface area contributed by atoms with E-state index in [1.165, 1.54) is 13.1 Å². The molecule has 1 aromatic carbocycles. The summed E-state index contributed by atoms with van der Waals surface area (Å²) in [5.41, 5.74) is 0.427. The van der Waals surface area contributed by atoms with Crippen LogP contribution in [0, 0.1) is 0 Å². The third kappa shape index (κ3) is 4.48. The summed E-state index contributed by atoms with van der Waals surface area (Å²) in [4.78, 5) is 0.194. The molecule has 0 bridgehead atoms. The molecule has 6 nitrogen and oxygen atoms in total. The number of nitrogens with one attached hydrogen (secondary N) is 2. The smallest absolute Gasteiger partial charge is 0.213 e. The molecule has 0 fully saturated rings. The van der Waals surface area contributed by atoms with Crippen LogP contribution in [0.2, 0.25) is 0 Å². The lowest BCUT2D eigenvalue weighted by Crippen LogP contribution is -2.26. The predicted molar refractivity (Wildman–Crippen MR) is 75.5 cm³/mol. The van der Waals surface area contributed by atoms with Crippen LogP contribution in [0.4, 0.5) is 5.69 Å². The number of anilines is 1. The van der Waals surface area contributed by atoms with Gasteiger partial charge in [-0.3, -0.25) is 0 Å². The number of sulfonamides is 1. The lowest BCUT2D eigenvalue weighted by atomic mass is 10.3. The zero-order valence-corrected chi connectivity index (χ0v) is 12.5. The summed E-state index contributed by atoms with van der Waals surface area (Å²) >= 11 is 0. The number of rotatable bonds is 7. The van der Waals surface area contributed by atoms with Gasteiger partial charge in [-0.25, -0.2) is 21.6 Å². The van der Waals surface area contributed by atoms with Crippen molar-refractivity contribution in [3.05, 3.63) is 24.3 Å². The molecule has 108 valence electrons. The Labute approximate surface area is 114 Å². The highest BCUT2D eigenvalue weighted by molar-refractivity contribution is 7.91. The van der Waals surface area contributed by atoms with Crippen LogP contribution >= 0.6 is 0 Å². The normalized spacial score (nSPS) is 12.3. The van der Waals surface area contributed by atoms with Gasteiger partial charge in [-0.2, -0.15) is 0 Å². The van der Waals surface area contributed by atoms with Gasteiger partial charge in [0.05, 0.1) is 22.1 Å². The molecular formula is C11H18N2O4S2. The Morgan fingerprint density at radius 3 is 2.32 bits per heavy atom. The average Bonchev–Trinajstić information content (AvgIpc) is 2.39. The van der Waals surface area contributed by atoms with Crippen molar-refractivity contribution in [2.75, 3.05) is 30.4 Å². The Balaban J connectivity index is 2.86. The molecule has 0 radical (unpaired) electrons. The van der Waals surface area contributed by atoms with Crippen molar-refractivity contribution >= 4 is 25.5 Å². The molecule has 0 aliphatic heterocycles. The van der Waals surface area contributed by atoms with Crippen molar-refractivity contribution in [2.45, 2.75) is 11.8 Å². The van der Waals surface area contributed by atoms with E-state index in [0.29, 0.717) is 5.69 Å². The fraction of sp³-hybridized carbons (Fsp3) is 0.455. The van der Waals surface area contributed by atoms with Gasteiger partial charge >= 0.3 is 0 Å². The molecule has 0 aliphatic rings. The second-order valence-electron chi connectivity index (χ2n) is 3.85. The Bertz CT molecular complexity index is 624. The first-order valence-corrected chi connectivity index (χ1v) is 9.09. The third-order valence-corrected chi connectivity index (χ3v) is 5.75. The average molecular weight is 306 g/mol. The molecule has 1 aromatic rings. The highest BCUT2D eigenvalue weighted by Crippen LogP contribution is 2.21. The van der Waals surface area contributed by atoms with Gasteiger partial charge in [-0.1, -0.05) is 19.1 Å². The lowest BCUT2D eigenvalue weighted by Gasteiger charge is -2.11. The maximum absolute atomic E-state index is 11.9. The van der Waals surface area contributed by atoms with Crippen LogP contribution in [-0.4, -0.2) is 41.9 Å². The minimum Gasteiger partial charge on any atom is -0.383 e. The Morgan fingerprint density at radius 2 is 1.74 bits per heavy atom. The van der Waals surface area contributed by atoms with Gasteiger partial charge in [0.1, 0.15) is 0 Å². The summed E-state index contributed by atoms with van der Waals surface area (Å²) in [5, 5.41) is 2.85. The van der Waals surface area contributed by atoms with Gasteiger partial charge in [0, 0.05) is 6.54 Å².